The van der Waals surface area contributed by atoms with E-state index in [-0.39, 0.29) is 18.9 Å². The molecule has 0 atom stereocenters. The van der Waals surface area contributed by atoms with Gasteiger partial charge in [0.25, 0.3) is 0 Å². The second-order valence-corrected chi connectivity index (χ2v) is 7.33. The largest absolute Gasteiger partial charge is 0.341 e. The number of nitrogens with zero attached hydrogens (tertiary/aromatic N) is 2. The molecule has 1 aromatic carbocycles. The molecule has 0 fully saturated rings. The minimum absolute atomic E-state index is 0.128. The van der Waals surface area contributed by atoms with Crippen molar-refractivity contribution >= 4 is 40.2 Å². The number of rotatable bonds is 5. The SMILES string of the molecule is CN(Cc1c(F)cccc1Cl)C(=O)Cc1csc(-c2ccsc2)n1. The van der Waals surface area contributed by atoms with Gasteiger partial charge in [-0.15, -0.1) is 11.3 Å². The van der Waals surface area contributed by atoms with Crippen LogP contribution < -0.4 is 0 Å². The van der Waals surface area contributed by atoms with Crippen LogP contribution in [0.25, 0.3) is 10.6 Å². The Morgan fingerprint density at radius 1 is 1.33 bits per heavy atom. The molecule has 2 heterocycles. The summed E-state index contributed by atoms with van der Waals surface area (Å²) >= 11 is 9.13. The van der Waals surface area contributed by atoms with E-state index in [9.17, 15) is 9.18 Å². The number of likely N-dealkylation sites (N-methyl/N-ethyl adjacent to an activating group) is 1. The van der Waals surface area contributed by atoms with Gasteiger partial charge in [-0.2, -0.15) is 11.3 Å². The fraction of sp³-hybridized carbons (Fsp3) is 0.176. The molecule has 3 rings (SSSR count). The zero-order valence-electron chi connectivity index (χ0n) is 12.8. The summed E-state index contributed by atoms with van der Waals surface area (Å²) in [5.41, 5.74) is 2.11. The highest BCUT2D eigenvalue weighted by Gasteiger charge is 2.16. The van der Waals surface area contributed by atoms with Crippen LogP contribution in [0.3, 0.4) is 0 Å². The highest BCUT2D eigenvalue weighted by Crippen LogP contribution is 2.26. The highest BCUT2D eigenvalue weighted by molar-refractivity contribution is 7.14. The number of thiazole rings is 1. The van der Waals surface area contributed by atoms with E-state index in [4.69, 9.17) is 11.6 Å². The first-order chi connectivity index (χ1) is 11.5. The summed E-state index contributed by atoms with van der Waals surface area (Å²) in [7, 11) is 1.64. The van der Waals surface area contributed by atoms with Crippen molar-refractivity contribution in [3.63, 3.8) is 0 Å². The summed E-state index contributed by atoms with van der Waals surface area (Å²) in [6.07, 6.45) is 0.184. The molecule has 0 spiro atoms. The van der Waals surface area contributed by atoms with Gasteiger partial charge >= 0.3 is 0 Å². The van der Waals surface area contributed by atoms with Crippen molar-refractivity contribution in [2.75, 3.05) is 7.05 Å². The van der Waals surface area contributed by atoms with Crippen molar-refractivity contribution in [1.29, 1.82) is 0 Å². The predicted molar refractivity (Wildman–Crippen MR) is 97.0 cm³/mol. The second-order valence-electron chi connectivity index (χ2n) is 5.28. The summed E-state index contributed by atoms with van der Waals surface area (Å²) in [4.78, 5) is 18.3. The van der Waals surface area contributed by atoms with Gasteiger partial charge in [-0.1, -0.05) is 17.7 Å². The van der Waals surface area contributed by atoms with Crippen LogP contribution in [-0.4, -0.2) is 22.8 Å². The van der Waals surface area contributed by atoms with Crippen LogP contribution in [0.5, 0.6) is 0 Å². The lowest BCUT2D eigenvalue weighted by Crippen LogP contribution is -2.28. The molecular formula is C17H14ClFN2OS2. The minimum atomic E-state index is -0.407. The van der Waals surface area contributed by atoms with Gasteiger partial charge in [0.15, 0.2) is 0 Å². The van der Waals surface area contributed by atoms with Crippen LogP contribution in [-0.2, 0) is 17.8 Å². The Kier molecular flexibility index (Phi) is 5.28. The number of hydrogen-bond acceptors (Lipinski definition) is 4. The zero-order chi connectivity index (χ0) is 17.1. The standard InChI is InChI=1S/C17H14ClFN2OS2/c1-21(8-13-14(18)3-2-4-15(13)19)16(22)7-12-10-24-17(20-12)11-5-6-23-9-11/h2-6,9-10H,7-8H2,1H3. The molecule has 0 saturated carbocycles. The van der Waals surface area contributed by atoms with E-state index >= 15 is 0 Å². The molecule has 0 aliphatic carbocycles. The number of carbonyl (C=O) groups excluding carboxylic acids is 1. The molecule has 0 saturated heterocycles. The Balaban J connectivity index is 1.66. The van der Waals surface area contributed by atoms with Crippen LogP contribution in [0.15, 0.2) is 40.4 Å². The molecule has 1 amide bonds. The molecule has 0 bridgehead atoms. The Bertz CT molecular complexity index is 828. The van der Waals surface area contributed by atoms with E-state index < -0.39 is 5.82 Å². The number of benzene rings is 1. The molecule has 0 N–H and O–H groups in total. The molecule has 3 aromatic rings. The third-order valence-electron chi connectivity index (χ3n) is 3.53. The average Bonchev–Trinajstić information content (AvgIpc) is 3.21. The normalized spacial score (nSPS) is 10.8. The third-order valence-corrected chi connectivity index (χ3v) is 5.51. The summed E-state index contributed by atoms with van der Waals surface area (Å²) in [6.45, 7) is 0.131. The topological polar surface area (TPSA) is 33.2 Å². The van der Waals surface area contributed by atoms with Crippen LogP contribution in [0, 0.1) is 5.82 Å². The lowest BCUT2D eigenvalue weighted by atomic mass is 10.2. The molecule has 124 valence electrons. The molecule has 3 nitrogen and oxygen atoms in total. The first-order valence-corrected chi connectivity index (χ1v) is 9.38. The Morgan fingerprint density at radius 2 is 2.17 bits per heavy atom. The Labute approximate surface area is 152 Å². The zero-order valence-corrected chi connectivity index (χ0v) is 15.2. The van der Waals surface area contributed by atoms with Crippen molar-refractivity contribution < 1.29 is 9.18 Å². The maximum absolute atomic E-state index is 13.8. The molecule has 0 aliphatic heterocycles. The molecule has 0 unspecified atom stereocenters. The number of thiophene rings is 1. The van der Waals surface area contributed by atoms with E-state index in [1.54, 1.807) is 30.5 Å². The van der Waals surface area contributed by atoms with E-state index in [0.29, 0.717) is 10.6 Å². The van der Waals surface area contributed by atoms with Crippen molar-refractivity contribution in [2.45, 2.75) is 13.0 Å². The Morgan fingerprint density at radius 3 is 2.88 bits per heavy atom. The van der Waals surface area contributed by atoms with E-state index in [1.165, 1.54) is 22.3 Å². The fourth-order valence-electron chi connectivity index (χ4n) is 2.21. The maximum Gasteiger partial charge on any atom is 0.228 e. The molecule has 24 heavy (non-hydrogen) atoms. The fourth-order valence-corrected chi connectivity index (χ4v) is 3.96. The van der Waals surface area contributed by atoms with Crippen LogP contribution in [0.2, 0.25) is 5.02 Å². The number of carbonyl (C=O) groups is 1. The van der Waals surface area contributed by atoms with Crippen LogP contribution in [0.4, 0.5) is 4.39 Å². The van der Waals surface area contributed by atoms with Crippen molar-refractivity contribution in [3.05, 3.63) is 62.5 Å². The van der Waals surface area contributed by atoms with Gasteiger partial charge in [0, 0.05) is 40.5 Å². The van der Waals surface area contributed by atoms with Gasteiger partial charge in [0.2, 0.25) is 5.91 Å². The van der Waals surface area contributed by atoms with Gasteiger partial charge in [0.1, 0.15) is 10.8 Å². The van der Waals surface area contributed by atoms with Crippen molar-refractivity contribution in [3.8, 4) is 10.6 Å². The second kappa shape index (κ2) is 7.42. The van der Waals surface area contributed by atoms with E-state index in [2.05, 4.69) is 4.98 Å². The van der Waals surface area contributed by atoms with E-state index in [0.717, 1.165) is 16.3 Å². The highest BCUT2D eigenvalue weighted by atomic mass is 35.5. The summed E-state index contributed by atoms with van der Waals surface area (Å²) in [5, 5.41) is 7.13. The molecular weight excluding hydrogens is 367 g/mol. The minimum Gasteiger partial charge on any atom is -0.341 e. The third kappa shape index (κ3) is 3.83. The number of hydrogen-bond donors (Lipinski definition) is 0. The lowest BCUT2D eigenvalue weighted by Gasteiger charge is -2.18. The monoisotopic (exact) mass is 380 g/mol. The van der Waals surface area contributed by atoms with Gasteiger partial charge in [-0.05, 0) is 23.6 Å². The summed E-state index contributed by atoms with van der Waals surface area (Å²) in [5.74, 6) is -0.535. The van der Waals surface area contributed by atoms with Gasteiger partial charge in [-0.25, -0.2) is 9.37 Å². The maximum atomic E-state index is 13.8. The van der Waals surface area contributed by atoms with Crippen LogP contribution in [0.1, 0.15) is 11.3 Å². The van der Waals surface area contributed by atoms with Crippen molar-refractivity contribution in [2.24, 2.45) is 0 Å². The van der Waals surface area contributed by atoms with Gasteiger partial charge in [0.05, 0.1) is 12.1 Å². The lowest BCUT2D eigenvalue weighted by molar-refractivity contribution is -0.129. The van der Waals surface area contributed by atoms with E-state index in [1.807, 2.05) is 22.2 Å². The molecule has 2 aromatic heterocycles. The van der Waals surface area contributed by atoms with Gasteiger partial charge < -0.3 is 4.90 Å². The number of aromatic nitrogens is 1. The average molecular weight is 381 g/mol. The van der Waals surface area contributed by atoms with Crippen molar-refractivity contribution in [1.82, 2.24) is 9.88 Å². The number of amides is 1. The summed E-state index contributed by atoms with van der Waals surface area (Å²) < 4.78 is 13.8. The molecule has 0 radical (unpaired) electrons. The quantitative estimate of drug-likeness (QED) is 0.633. The molecule has 0 aliphatic rings. The molecule has 7 heteroatoms. The van der Waals surface area contributed by atoms with Crippen LogP contribution >= 0.6 is 34.3 Å². The Hall–Kier alpha value is -1.76. The predicted octanol–water partition coefficient (Wildman–Crippen LogP) is 4.87. The number of halogens is 2. The summed E-state index contributed by atoms with van der Waals surface area (Å²) in [6, 6.07) is 6.50. The van der Waals surface area contributed by atoms with Gasteiger partial charge in [-0.3, -0.25) is 4.79 Å². The smallest absolute Gasteiger partial charge is 0.228 e. The first-order valence-electron chi connectivity index (χ1n) is 7.18. The first kappa shape index (κ1) is 17.1.